The third kappa shape index (κ3) is 2.86. The molecule has 6 nitrogen and oxygen atoms in total. The number of amides is 1. The van der Waals surface area contributed by atoms with Crippen LogP contribution in [0.5, 0.6) is 0 Å². The zero-order valence-corrected chi connectivity index (χ0v) is 12.9. The Morgan fingerprint density at radius 1 is 1.32 bits per heavy atom. The molecule has 0 atom stereocenters. The molecule has 0 aliphatic carbocycles. The van der Waals surface area contributed by atoms with Gasteiger partial charge in [0.1, 0.15) is 6.54 Å². The van der Waals surface area contributed by atoms with Crippen molar-refractivity contribution in [3.8, 4) is 0 Å². The number of aryl methyl sites for hydroxylation is 3. The van der Waals surface area contributed by atoms with Crippen LogP contribution in [0.15, 0.2) is 10.7 Å². The van der Waals surface area contributed by atoms with E-state index in [4.69, 9.17) is 0 Å². The van der Waals surface area contributed by atoms with Crippen molar-refractivity contribution in [3.63, 3.8) is 0 Å². The van der Waals surface area contributed by atoms with Crippen LogP contribution in [0, 0.1) is 20.8 Å². The summed E-state index contributed by atoms with van der Waals surface area (Å²) in [6.07, 6.45) is 1.79. The molecule has 0 unspecified atom stereocenters. The predicted molar refractivity (Wildman–Crippen MR) is 76.0 cm³/mol. The lowest BCUT2D eigenvalue weighted by atomic mass is 10.3. The third-order valence-corrected chi connectivity index (χ3v) is 3.74. The average Bonchev–Trinajstić information content (AvgIpc) is 2.74. The van der Waals surface area contributed by atoms with Crippen LogP contribution in [0.25, 0.3) is 0 Å². The van der Waals surface area contributed by atoms with Crippen LogP contribution in [0.1, 0.15) is 17.1 Å². The fourth-order valence-electron chi connectivity index (χ4n) is 1.86. The first-order valence-electron chi connectivity index (χ1n) is 5.88. The molecule has 2 aromatic heterocycles. The first kappa shape index (κ1) is 13.8. The van der Waals surface area contributed by atoms with Gasteiger partial charge in [-0.3, -0.25) is 14.2 Å². The van der Waals surface area contributed by atoms with Crippen molar-refractivity contribution in [1.82, 2.24) is 19.6 Å². The normalized spacial score (nSPS) is 10.8. The van der Waals surface area contributed by atoms with Gasteiger partial charge in [0.05, 0.1) is 27.2 Å². The molecule has 0 spiro atoms. The fraction of sp³-hybridized carbons (Fsp3) is 0.417. The minimum atomic E-state index is -0.116. The van der Waals surface area contributed by atoms with Gasteiger partial charge >= 0.3 is 0 Å². The van der Waals surface area contributed by atoms with E-state index < -0.39 is 0 Å². The first-order chi connectivity index (χ1) is 8.88. The summed E-state index contributed by atoms with van der Waals surface area (Å²) >= 11 is 3.37. The summed E-state index contributed by atoms with van der Waals surface area (Å²) < 4.78 is 4.25. The maximum absolute atomic E-state index is 12.0. The Labute approximate surface area is 119 Å². The Bertz CT molecular complexity index is 609. The van der Waals surface area contributed by atoms with Gasteiger partial charge in [0.2, 0.25) is 5.91 Å². The molecule has 1 N–H and O–H groups in total. The SMILES string of the molecule is Cc1nn(CC(=O)Nc2c(C)nn(C)c2C)cc1Br. The van der Waals surface area contributed by atoms with Gasteiger partial charge in [-0.25, -0.2) is 0 Å². The van der Waals surface area contributed by atoms with Crippen molar-refractivity contribution < 1.29 is 4.79 Å². The van der Waals surface area contributed by atoms with E-state index in [2.05, 4.69) is 31.4 Å². The maximum Gasteiger partial charge on any atom is 0.246 e. The second-order valence-electron chi connectivity index (χ2n) is 4.48. The molecule has 0 aliphatic rings. The summed E-state index contributed by atoms with van der Waals surface area (Å²) in [7, 11) is 1.85. The van der Waals surface area contributed by atoms with Crippen LogP contribution >= 0.6 is 15.9 Å². The summed E-state index contributed by atoms with van der Waals surface area (Å²) in [5, 5.41) is 11.4. The Hall–Kier alpha value is -1.63. The smallest absolute Gasteiger partial charge is 0.246 e. The number of nitrogens with zero attached hydrogens (tertiary/aromatic N) is 4. The molecule has 0 bridgehead atoms. The molecule has 0 aromatic carbocycles. The third-order valence-electron chi connectivity index (χ3n) is 2.97. The summed E-state index contributed by atoms with van der Waals surface area (Å²) in [6.45, 7) is 5.86. The number of hydrogen-bond acceptors (Lipinski definition) is 3. The lowest BCUT2D eigenvalue weighted by molar-refractivity contribution is -0.116. The standard InChI is InChI=1S/C12H16BrN5O/c1-7-10(13)5-18(16-7)6-11(19)14-12-8(2)15-17(4)9(12)3/h5H,6H2,1-4H3,(H,14,19). The van der Waals surface area contributed by atoms with E-state index in [1.54, 1.807) is 15.6 Å². The number of anilines is 1. The van der Waals surface area contributed by atoms with Crippen molar-refractivity contribution in [3.05, 3.63) is 27.8 Å². The summed E-state index contributed by atoms with van der Waals surface area (Å²) in [5.74, 6) is -0.116. The largest absolute Gasteiger partial charge is 0.321 e. The van der Waals surface area contributed by atoms with E-state index in [1.165, 1.54) is 0 Å². The lowest BCUT2D eigenvalue weighted by Crippen LogP contribution is -2.19. The zero-order valence-electron chi connectivity index (χ0n) is 11.4. The molecule has 2 heterocycles. The van der Waals surface area contributed by atoms with E-state index in [9.17, 15) is 4.79 Å². The minimum absolute atomic E-state index is 0.116. The van der Waals surface area contributed by atoms with Gasteiger partial charge in [-0.15, -0.1) is 0 Å². The van der Waals surface area contributed by atoms with Crippen molar-refractivity contribution in [2.45, 2.75) is 27.3 Å². The lowest BCUT2D eigenvalue weighted by Gasteiger charge is -2.05. The second-order valence-corrected chi connectivity index (χ2v) is 5.33. The Kier molecular flexibility index (Phi) is 3.75. The number of rotatable bonds is 3. The molecule has 1 amide bonds. The van der Waals surface area contributed by atoms with Gasteiger partial charge in [0, 0.05) is 13.2 Å². The minimum Gasteiger partial charge on any atom is -0.321 e. The van der Waals surface area contributed by atoms with Gasteiger partial charge in [-0.2, -0.15) is 10.2 Å². The molecule has 0 aliphatic heterocycles. The molecule has 0 fully saturated rings. The van der Waals surface area contributed by atoms with E-state index in [0.717, 1.165) is 27.2 Å². The molecule has 0 saturated carbocycles. The number of hydrogen-bond donors (Lipinski definition) is 1. The highest BCUT2D eigenvalue weighted by molar-refractivity contribution is 9.10. The van der Waals surface area contributed by atoms with E-state index in [0.29, 0.717) is 0 Å². The topological polar surface area (TPSA) is 64.7 Å². The Balaban J connectivity index is 2.09. The molecular formula is C12H16BrN5O. The molecule has 102 valence electrons. The fourth-order valence-corrected chi connectivity index (χ4v) is 2.17. The quantitative estimate of drug-likeness (QED) is 0.937. The Morgan fingerprint density at radius 3 is 2.47 bits per heavy atom. The summed E-state index contributed by atoms with van der Waals surface area (Å²) in [6, 6.07) is 0. The second kappa shape index (κ2) is 5.16. The first-order valence-corrected chi connectivity index (χ1v) is 6.67. The van der Waals surface area contributed by atoms with Crippen molar-refractivity contribution in [2.24, 2.45) is 7.05 Å². The highest BCUT2D eigenvalue weighted by Gasteiger charge is 2.13. The van der Waals surface area contributed by atoms with Crippen LogP contribution in [-0.4, -0.2) is 25.5 Å². The van der Waals surface area contributed by atoms with Crippen molar-refractivity contribution >= 4 is 27.5 Å². The van der Waals surface area contributed by atoms with Gasteiger partial charge in [0.15, 0.2) is 0 Å². The van der Waals surface area contributed by atoms with Crippen LogP contribution in [-0.2, 0) is 18.4 Å². The highest BCUT2D eigenvalue weighted by Crippen LogP contribution is 2.18. The molecular weight excluding hydrogens is 310 g/mol. The summed E-state index contributed by atoms with van der Waals surface area (Å²) in [5.41, 5.74) is 3.38. The molecule has 19 heavy (non-hydrogen) atoms. The number of aromatic nitrogens is 4. The molecule has 7 heteroatoms. The van der Waals surface area contributed by atoms with Gasteiger partial charge in [-0.05, 0) is 36.7 Å². The van der Waals surface area contributed by atoms with Crippen LogP contribution in [0.2, 0.25) is 0 Å². The predicted octanol–water partition coefficient (Wildman–Crippen LogP) is 1.94. The number of nitrogens with one attached hydrogen (secondary N) is 1. The maximum atomic E-state index is 12.0. The monoisotopic (exact) mass is 325 g/mol. The van der Waals surface area contributed by atoms with Crippen molar-refractivity contribution in [1.29, 1.82) is 0 Å². The molecule has 2 rings (SSSR count). The molecule has 0 radical (unpaired) electrons. The van der Waals surface area contributed by atoms with Gasteiger partial charge in [-0.1, -0.05) is 0 Å². The van der Waals surface area contributed by atoms with E-state index >= 15 is 0 Å². The van der Waals surface area contributed by atoms with Gasteiger partial charge < -0.3 is 5.32 Å². The average molecular weight is 326 g/mol. The van der Waals surface area contributed by atoms with Gasteiger partial charge in [0.25, 0.3) is 0 Å². The Morgan fingerprint density at radius 2 is 2.00 bits per heavy atom. The van der Waals surface area contributed by atoms with Crippen molar-refractivity contribution in [2.75, 3.05) is 5.32 Å². The van der Waals surface area contributed by atoms with Crippen LogP contribution in [0.4, 0.5) is 5.69 Å². The number of halogens is 1. The molecule has 2 aromatic rings. The molecule has 0 saturated heterocycles. The van der Waals surface area contributed by atoms with E-state index in [-0.39, 0.29) is 12.5 Å². The summed E-state index contributed by atoms with van der Waals surface area (Å²) in [4.78, 5) is 12.0. The number of carbonyl (C=O) groups is 1. The highest BCUT2D eigenvalue weighted by atomic mass is 79.9. The van der Waals surface area contributed by atoms with E-state index in [1.807, 2.05) is 27.8 Å². The van der Waals surface area contributed by atoms with Crippen LogP contribution < -0.4 is 5.32 Å². The number of carbonyl (C=O) groups excluding carboxylic acids is 1. The zero-order chi connectivity index (χ0) is 14.2. The van der Waals surface area contributed by atoms with Crippen LogP contribution in [0.3, 0.4) is 0 Å².